The van der Waals surface area contributed by atoms with Crippen LogP contribution in [0.5, 0.6) is 0 Å². The predicted molar refractivity (Wildman–Crippen MR) is 41.7 cm³/mol. The van der Waals surface area contributed by atoms with Crippen molar-refractivity contribution in [2.24, 2.45) is 5.92 Å². The Morgan fingerprint density at radius 3 is 2.18 bits per heavy atom. The second-order valence-electron chi connectivity index (χ2n) is 4.15. The molecule has 0 aliphatic heterocycles. The number of carbonyl (C=O) groups is 1. The van der Waals surface area contributed by atoms with Gasteiger partial charge in [0.1, 0.15) is 0 Å². The first kappa shape index (κ1) is 10.4. The highest BCUT2D eigenvalue weighted by Gasteiger charge is 2.13. The van der Waals surface area contributed by atoms with Gasteiger partial charge in [0.05, 0.1) is 27.7 Å². The molecule has 0 radical (unpaired) electrons. The summed E-state index contributed by atoms with van der Waals surface area (Å²) in [5.74, 6) is -0.758. The summed E-state index contributed by atoms with van der Waals surface area (Å²) in [6.45, 7) is 2.80. The average Bonchev–Trinajstić information content (AvgIpc) is 1.53. The molecule has 0 saturated carbocycles. The second kappa shape index (κ2) is 3.72. The molecule has 1 unspecified atom stereocenters. The molecule has 1 atom stereocenters. The van der Waals surface area contributed by atoms with E-state index in [0.717, 1.165) is 11.0 Å². The average molecular weight is 159 g/mol. The van der Waals surface area contributed by atoms with Crippen LogP contribution in [-0.4, -0.2) is 38.1 Å². The van der Waals surface area contributed by atoms with E-state index in [1.807, 2.05) is 28.1 Å². The number of aliphatic carboxylic acids is 1. The van der Waals surface area contributed by atoms with Gasteiger partial charge in [-0.05, 0) is 6.42 Å². The van der Waals surface area contributed by atoms with Crippen molar-refractivity contribution in [1.82, 2.24) is 0 Å². The maximum Gasteiger partial charge on any atom is 0.0809 e. The van der Waals surface area contributed by atoms with Crippen LogP contribution < -0.4 is 5.11 Å². The third-order valence-corrected chi connectivity index (χ3v) is 1.37. The Morgan fingerprint density at radius 2 is 1.91 bits per heavy atom. The Kier molecular flexibility index (Phi) is 3.52. The molecule has 66 valence electrons. The van der Waals surface area contributed by atoms with Crippen LogP contribution >= 0.6 is 0 Å². The minimum atomic E-state index is -0.953. The quantitative estimate of drug-likeness (QED) is 0.517. The fourth-order valence-corrected chi connectivity index (χ4v) is 1.28. The molecule has 0 aromatic heterocycles. The van der Waals surface area contributed by atoms with Crippen molar-refractivity contribution in [1.29, 1.82) is 0 Å². The zero-order valence-corrected chi connectivity index (χ0v) is 7.76. The maximum atomic E-state index is 10.2. The van der Waals surface area contributed by atoms with Crippen LogP contribution in [-0.2, 0) is 4.79 Å². The van der Waals surface area contributed by atoms with Crippen LogP contribution in [0, 0.1) is 5.92 Å². The van der Waals surface area contributed by atoms with E-state index in [4.69, 9.17) is 0 Å². The first-order valence-corrected chi connectivity index (χ1v) is 3.81. The predicted octanol–water partition coefficient (Wildman–Crippen LogP) is -0.531. The van der Waals surface area contributed by atoms with Gasteiger partial charge in [-0.3, -0.25) is 0 Å². The minimum absolute atomic E-state index is 0.162. The molecule has 0 rings (SSSR count). The van der Waals surface area contributed by atoms with Gasteiger partial charge in [0.15, 0.2) is 0 Å². The number of carboxylic acids is 1. The Bertz CT molecular complexity index is 138. The zero-order valence-electron chi connectivity index (χ0n) is 7.76. The highest BCUT2D eigenvalue weighted by Crippen LogP contribution is 2.05. The molecular formula is C8H17NO2. The van der Waals surface area contributed by atoms with E-state index in [0.29, 0.717) is 0 Å². The molecule has 3 nitrogen and oxygen atoms in total. The maximum absolute atomic E-state index is 10.2. The van der Waals surface area contributed by atoms with Gasteiger partial charge < -0.3 is 14.4 Å². The first-order valence-electron chi connectivity index (χ1n) is 3.81. The summed E-state index contributed by atoms with van der Waals surface area (Å²) in [4.78, 5) is 10.2. The smallest absolute Gasteiger partial charge is 0.0809 e. The fourth-order valence-electron chi connectivity index (χ4n) is 1.28. The number of carbonyl (C=O) groups excluding carboxylic acids is 1. The molecule has 0 bridgehead atoms. The first-order chi connectivity index (χ1) is 4.81. The Hall–Kier alpha value is -0.570. The Balaban J connectivity index is 3.69. The van der Waals surface area contributed by atoms with Crippen LogP contribution in [0.4, 0.5) is 0 Å². The van der Waals surface area contributed by atoms with Crippen molar-refractivity contribution in [2.75, 3.05) is 27.7 Å². The summed E-state index contributed by atoms with van der Waals surface area (Å²) in [6, 6.07) is 0. The summed E-state index contributed by atoms with van der Waals surface area (Å²) >= 11 is 0. The van der Waals surface area contributed by atoms with Crippen LogP contribution in [0.2, 0.25) is 0 Å². The van der Waals surface area contributed by atoms with Gasteiger partial charge in [0.2, 0.25) is 0 Å². The van der Waals surface area contributed by atoms with Crippen LogP contribution in [0.1, 0.15) is 13.3 Å². The molecule has 0 saturated heterocycles. The van der Waals surface area contributed by atoms with E-state index in [2.05, 4.69) is 0 Å². The molecule has 0 aromatic rings. The van der Waals surface area contributed by atoms with Gasteiger partial charge in [0, 0.05) is 11.9 Å². The molecular weight excluding hydrogens is 142 g/mol. The van der Waals surface area contributed by atoms with Crippen molar-refractivity contribution >= 4 is 5.97 Å². The summed E-state index contributed by atoms with van der Waals surface area (Å²) < 4.78 is 0.800. The second-order valence-corrected chi connectivity index (χ2v) is 4.15. The molecule has 0 aliphatic rings. The van der Waals surface area contributed by atoms with E-state index in [1.54, 1.807) is 0 Å². The van der Waals surface area contributed by atoms with Crippen molar-refractivity contribution in [3.8, 4) is 0 Å². The van der Waals surface area contributed by atoms with Gasteiger partial charge in [-0.25, -0.2) is 0 Å². The van der Waals surface area contributed by atoms with Gasteiger partial charge in [-0.15, -0.1) is 0 Å². The monoisotopic (exact) mass is 159 g/mol. The fraction of sp³-hybridized carbons (Fsp3) is 0.875. The zero-order chi connectivity index (χ0) is 9.07. The Labute approximate surface area is 68.2 Å². The van der Waals surface area contributed by atoms with Crippen molar-refractivity contribution in [3.05, 3.63) is 0 Å². The standard InChI is InChI=1S/C8H17NO2/c1-7(5-8(10)11)6-9(2,3)4/h7H,5-6H2,1-4H3. The molecule has 0 aliphatic carbocycles. The minimum Gasteiger partial charge on any atom is -0.550 e. The SMILES string of the molecule is CC(CC(=O)[O-])C[N+](C)(C)C. The van der Waals surface area contributed by atoms with Gasteiger partial charge in [-0.2, -0.15) is 0 Å². The summed E-state index contributed by atoms with van der Waals surface area (Å²) in [5, 5.41) is 10.2. The summed E-state index contributed by atoms with van der Waals surface area (Å²) in [5.41, 5.74) is 0. The molecule has 11 heavy (non-hydrogen) atoms. The van der Waals surface area contributed by atoms with Crippen LogP contribution in [0.15, 0.2) is 0 Å². The van der Waals surface area contributed by atoms with Crippen molar-refractivity contribution in [3.63, 3.8) is 0 Å². The van der Waals surface area contributed by atoms with Crippen LogP contribution in [0.25, 0.3) is 0 Å². The van der Waals surface area contributed by atoms with E-state index >= 15 is 0 Å². The number of nitrogens with zero attached hydrogens (tertiary/aromatic N) is 1. The number of hydrogen-bond acceptors (Lipinski definition) is 2. The van der Waals surface area contributed by atoms with Crippen molar-refractivity contribution in [2.45, 2.75) is 13.3 Å². The highest BCUT2D eigenvalue weighted by atomic mass is 16.4. The molecule has 0 heterocycles. The molecule has 0 N–H and O–H groups in total. The van der Waals surface area contributed by atoms with E-state index in [-0.39, 0.29) is 12.3 Å². The molecule has 0 aromatic carbocycles. The third kappa shape index (κ3) is 7.33. The molecule has 0 fully saturated rings. The number of carboxylic acid groups (broad SMARTS) is 1. The number of quaternary nitrogens is 1. The van der Waals surface area contributed by atoms with Gasteiger partial charge in [0.25, 0.3) is 0 Å². The topological polar surface area (TPSA) is 40.1 Å². The normalized spacial score (nSPS) is 14.5. The molecule has 3 heteroatoms. The Morgan fingerprint density at radius 1 is 1.45 bits per heavy atom. The lowest BCUT2D eigenvalue weighted by molar-refractivity contribution is -0.873. The highest BCUT2D eigenvalue weighted by molar-refractivity contribution is 5.64. The van der Waals surface area contributed by atoms with E-state index < -0.39 is 5.97 Å². The molecule has 0 amide bonds. The van der Waals surface area contributed by atoms with Crippen molar-refractivity contribution < 1.29 is 14.4 Å². The molecule has 0 spiro atoms. The summed E-state index contributed by atoms with van der Waals surface area (Å²) in [7, 11) is 6.14. The van der Waals surface area contributed by atoms with E-state index in [9.17, 15) is 9.90 Å². The lowest BCUT2D eigenvalue weighted by Crippen LogP contribution is -2.40. The number of hydrogen-bond donors (Lipinski definition) is 0. The lowest BCUT2D eigenvalue weighted by atomic mass is 10.1. The van der Waals surface area contributed by atoms with Gasteiger partial charge in [-0.1, -0.05) is 6.92 Å². The summed E-state index contributed by atoms with van der Waals surface area (Å²) in [6.07, 6.45) is 0.162. The number of rotatable bonds is 4. The lowest BCUT2D eigenvalue weighted by Gasteiger charge is -2.27. The van der Waals surface area contributed by atoms with Crippen LogP contribution in [0.3, 0.4) is 0 Å². The third-order valence-electron chi connectivity index (χ3n) is 1.37. The van der Waals surface area contributed by atoms with Gasteiger partial charge >= 0.3 is 0 Å². The largest absolute Gasteiger partial charge is 0.550 e. The van der Waals surface area contributed by atoms with E-state index in [1.165, 1.54) is 0 Å².